The maximum Gasteiger partial charge on any atom is 0.247 e. The van der Waals surface area contributed by atoms with Crippen LogP contribution in [0.15, 0.2) is 36.4 Å². The molecule has 0 N–H and O–H groups in total. The molecule has 2 aliphatic heterocycles. The standard InChI is InChI=1S/C17H21NO2/c1-20-16-11-14-8-9-15(12-16)18(14)17(19)10-7-13-5-3-2-4-6-13/h2-7,10,14-16H,8-9,11-12H2,1H3/b10-7+. The quantitative estimate of drug-likeness (QED) is 0.791. The van der Waals surface area contributed by atoms with Crippen LogP contribution >= 0.6 is 0 Å². The van der Waals surface area contributed by atoms with Crippen molar-refractivity contribution in [3.8, 4) is 0 Å². The molecule has 2 atom stereocenters. The molecule has 0 spiro atoms. The molecule has 1 amide bonds. The van der Waals surface area contributed by atoms with Gasteiger partial charge in [0.25, 0.3) is 0 Å². The smallest absolute Gasteiger partial charge is 0.247 e. The molecule has 3 rings (SSSR count). The molecule has 1 aromatic rings. The van der Waals surface area contributed by atoms with E-state index in [0.717, 1.165) is 31.2 Å². The molecule has 1 aromatic carbocycles. The number of nitrogens with zero attached hydrogens (tertiary/aromatic N) is 1. The number of carbonyl (C=O) groups is 1. The van der Waals surface area contributed by atoms with Crippen molar-refractivity contribution in [1.29, 1.82) is 0 Å². The van der Waals surface area contributed by atoms with Crippen LogP contribution in [0.5, 0.6) is 0 Å². The number of fused-ring (bicyclic) bond motifs is 2. The van der Waals surface area contributed by atoms with E-state index in [4.69, 9.17) is 4.74 Å². The molecular formula is C17H21NO2. The van der Waals surface area contributed by atoms with Crippen LogP contribution in [-0.4, -0.2) is 36.1 Å². The number of rotatable bonds is 3. The van der Waals surface area contributed by atoms with Crippen LogP contribution in [0.1, 0.15) is 31.2 Å². The van der Waals surface area contributed by atoms with Crippen molar-refractivity contribution < 1.29 is 9.53 Å². The fraction of sp³-hybridized carbons (Fsp3) is 0.471. The predicted octanol–water partition coefficient (Wildman–Crippen LogP) is 2.87. The maximum absolute atomic E-state index is 12.4. The third kappa shape index (κ3) is 2.63. The summed E-state index contributed by atoms with van der Waals surface area (Å²) in [6.45, 7) is 0. The molecule has 0 aliphatic carbocycles. The van der Waals surface area contributed by atoms with E-state index in [0.29, 0.717) is 18.2 Å². The molecule has 2 unspecified atom stereocenters. The van der Waals surface area contributed by atoms with Gasteiger partial charge in [0.05, 0.1) is 6.10 Å². The molecule has 0 radical (unpaired) electrons. The minimum absolute atomic E-state index is 0.149. The van der Waals surface area contributed by atoms with E-state index in [1.807, 2.05) is 36.4 Å². The second-order valence-electron chi connectivity index (χ2n) is 5.70. The van der Waals surface area contributed by atoms with Gasteiger partial charge in [-0.3, -0.25) is 4.79 Å². The third-order valence-corrected chi connectivity index (χ3v) is 4.50. The lowest BCUT2D eigenvalue weighted by molar-refractivity contribution is -0.132. The molecule has 106 valence electrons. The Balaban J connectivity index is 1.68. The molecule has 2 fully saturated rings. The molecular weight excluding hydrogens is 250 g/mol. The van der Waals surface area contributed by atoms with Gasteiger partial charge < -0.3 is 9.64 Å². The highest BCUT2D eigenvalue weighted by Crippen LogP contribution is 2.36. The third-order valence-electron chi connectivity index (χ3n) is 4.50. The first-order chi connectivity index (χ1) is 9.78. The van der Waals surface area contributed by atoms with Gasteiger partial charge in [-0.2, -0.15) is 0 Å². The highest BCUT2D eigenvalue weighted by atomic mass is 16.5. The van der Waals surface area contributed by atoms with Crippen molar-refractivity contribution in [2.24, 2.45) is 0 Å². The Kier molecular flexibility index (Phi) is 3.88. The Hall–Kier alpha value is -1.61. The lowest BCUT2D eigenvalue weighted by Gasteiger charge is -2.37. The van der Waals surface area contributed by atoms with Crippen molar-refractivity contribution in [1.82, 2.24) is 4.90 Å². The highest BCUT2D eigenvalue weighted by molar-refractivity contribution is 5.92. The summed E-state index contributed by atoms with van der Waals surface area (Å²) >= 11 is 0. The lowest BCUT2D eigenvalue weighted by atomic mass is 9.99. The molecule has 20 heavy (non-hydrogen) atoms. The van der Waals surface area contributed by atoms with Crippen LogP contribution < -0.4 is 0 Å². The lowest BCUT2D eigenvalue weighted by Crippen LogP contribution is -2.47. The van der Waals surface area contributed by atoms with Crippen molar-refractivity contribution in [2.75, 3.05) is 7.11 Å². The number of ether oxygens (including phenoxy) is 1. The van der Waals surface area contributed by atoms with Crippen LogP contribution in [0.2, 0.25) is 0 Å². The maximum atomic E-state index is 12.4. The number of methoxy groups -OCH3 is 1. The fourth-order valence-electron chi connectivity index (χ4n) is 3.50. The monoisotopic (exact) mass is 271 g/mol. The summed E-state index contributed by atoms with van der Waals surface area (Å²) in [4.78, 5) is 14.5. The Morgan fingerprint density at radius 1 is 1.20 bits per heavy atom. The Bertz CT molecular complexity index is 483. The van der Waals surface area contributed by atoms with Crippen molar-refractivity contribution in [2.45, 2.75) is 43.9 Å². The number of piperidine rings is 1. The summed E-state index contributed by atoms with van der Waals surface area (Å²) in [5.41, 5.74) is 1.07. The molecule has 2 heterocycles. The number of hydrogen-bond donors (Lipinski definition) is 0. The molecule has 0 saturated carbocycles. The average Bonchev–Trinajstić information content (AvgIpc) is 2.76. The molecule has 3 nitrogen and oxygen atoms in total. The van der Waals surface area contributed by atoms with Gasteiger partial charge in [0, 0.05) is 25.3 Å². The highest BCUT2D eigenvalue weighted by Gasteiger charge is 2.42. The zero-order chi connectivity index (χ0) is 13.9. The topological polar surface area (TPSA) is 29.5 Å². The van der Waals surface area contributed by atoms with Gasteiger partial charge in [0.15, 0.2) is 0 Å². The molecule has 2 bridgehead atoms. The minimum atomic E-state index is 0.149. The largest absolute Gasteiger partial charge is 0.381 e. The summed E-state index contributed by atoms with van der Waals surface area (Å²) in [5, 5.41) is 0. The number of hydrogen-bond acceptors (Lipinski definition) is 2. The van der Waals surface area contributed by atoms with Gasteiger partial charge in [0.2, 0.25) is 5.91 Å². The van der Waals surface area contributed by atoms with Crippen LogP contribution in [0.4, 0.5) is 0 Å². The summed E-state index contributed by atoms with van der Waals surface area (Å²) in [6, 6.07) is 10.7. The predicted molar refractivity (Wildman–Crippen MR) is 79.2 cm³/mol. The van der Waals surface area contributed by atoms with Crippen LogP contribution in [0.25, 0.3) is 6.08 Å². The zero-order valence-electron chi connectivity index (χ0n) is 11.9. The van der Waals surface area contributed by atoms with E-state index < -0.39 is 0 Å². The van der Waals surface area contributed by atoms with E-state index in [-0.39, 0.29) is 5.91 Å². The molecule has 0 aromatic heterocycles. The van der Waals surface area contributed by atoms with E-state index in [1.165, 1.54) is 0 Å². The second kappa shape index (κ2) is 5.80. The first kappa shape index (κ1) is 13.4. The van der Waals surface area contributed by atoms with Crippen LogP contribution in [-0.2, 0) is 9.53 Å². The summed E-state index contributed by atoms with van der Waals surface area (Å²) in [6.07, 6.45) is 8.16. The van der Waals surface area contributed by atoms with Crippen LogP contribution in [0.3, 0.4) is 0 Å². The molecule has 2 saturated heterocycles. The summed E-state index contributed by atoms with van der Waals surface area (Å²) in [5.74, 6) is 0.149. The van der Waals surface area contributed by atoms with Gasteiger partial charge in [0.1, 0.15) is 0 Å². The van der Waals surface area contributed by atoms with E-state index in [1.54, 1.807) is 13.2 Å². The first-order valence-electron chi connectivity index (χ1n) is 7.36. The van der Waals surface area contributed by atoms with Crippen LogP contribution in [0, 0.1) is 0 Å². The summed E-state index contributed by atoms with van der Waals surface area (Å²) in [7, 11) is 1.77. The minimum Gasteiger partial charge on any atom is -0.381 e. The normalized spacial score (nSPS) is 29.1. The first-order valence-corrected chi connectivity index (χ1v) is 7.36. The summed E-state index contributed by atoms with van der Waals surface area (Å²) < 4.78 is 5.47. The van der Waals surface area contributed by atoms with E-state index in [2.05, 4.69) is 4.90 Å². The Morgan fingerprint density at radius 2 is 1.85 bits per heavy atom. The number of carbonyl (C=O) groups excluding carboxylic acids is 1. The number of amides is 1. The van der Waals surface area contributed by atoms with Gasteiger partial charge in [-0.05, 0) is 37.3 Å². The van der Waals surface area contributed by atoms with Crippen molar-refractivity contribution in [3.63, 3.8) is 0 Å². The Labute approximate surface area is 120 Å². The van der Waals surface area contributed by atoms with Gasteiger partial charge in [-0.1, -0.05) is 30.3 Å². The molecule has 3 heteroatoms. The van der Waals surface area contributed by atoms with Gasteiger partial charge >= 0.3 is 0 Å². The Morgan fingerprint density at radius 3 is 2.45 bits per heavy atom. The van der Waals surface area contributed by atoms with Crippen molar-refractivity contribution >= 4 is 12.0 Å². The zero-order valence-corrected chi connectivity index (χ0v) is 11.9. The van der Waals surface area contributed by atoms with Crippen molar-refractivity contribution in [3.05, 3.63) is 42.0 Å². The van der Waals surface area contributed by atoms with Gasteiger partial charge in [-0.15, -0.1) is 0 Å². The van der Waals surface area contributed by atoms with Gasteiger partial charge in [-0.25, -0.2) is 0 Å². The number of benzene rings is 1. The average molecular weight is 271 g/mol. The fourth-order valence-corrected chi connectivity index (χ4v) is 3.50. The van der Waals surface area contributed by atoms with E-state index >= 15 is 0 Å². The molecule has 2 aliphatic rings. The SMILES string of the molecule is COC1CC2CCC(C1)N2C(=O)/C=C/c1ccccc1. The second-order valence-corrected chi connectivity index (χ2v) is 5.70. The van der Waals surface area contributed by atoms with E-state index in [9.17, 15) is 4.79 Å².